The van der Waals surface area contributed by atoms with Crippen molar-refractivity contribution in [1.82, 2.24) is 0 Å². The van der Waals surface area contributed by atoms with Gasteiger partial charge in [0.1, 0.15) is 12.1 Å². The molecule has 3 fully saturated rings. The fourth-order valence-corrected chi connectivity index (χ4v) is 6.05. The molecule has 0 saturated carbocycles. The lowest BCUT2D eigenvalue weighted by Gasteiger charge is -2.60. The van der Waals surface area contributed by atoms with Crippen molar-refractivity contribution in [2.45, 2.75) is 31.4 Å². The van der Waals surface area contributed by atoms with Gasteiger partial charge in [0, 0.05) is 30.2 Å². The SMILES string of the molecule is N#Cc1ccc(C[N+]23CCC(C(O)(c4ccccc4)c4ccccc4)(CC2)CC3)cc1. The van der Waals surface area contributed by atoms with Crippen LogP contribution in [0.2, 0.25) is 0 Å². The molecule has 0 aromatic heterocycles. The summed E-state index contributed by atoms with van der Waals surface area (Å²) in [5.74, 6) is 0. The zero-order chi connectivity index (χ0) is 21.4. The second-order valence-corrected chi connectivity index (χ2v) is 9.45. The maximum atomic E-state index is 12.4. The van der Waals surface area contributed by atoms with Crippen LogP contribution in [-0.2, 0) is 12.1 Å². The number of piperidine rings is 3. The molecule has 6 rings (SSSR count). The van der Waals surface area contributed by atoms with Crippen molar-refractivity contribution in [2.24, 2.45) is 5.41 Å². The number of fused-ring (bicyclic) bond motifs is 3. The second kappa shape index (κ2) is 7.64. The molecule has 3 saturated heterocycles. The quantitative estimate of drug-likeness (QED) is 0.603. The van der Waals surface area contributed by atoms with Gasteiger partial charge in [-0.3, -0.25) is 0 Å². The topological polar surface area (TPSA) is 44.0 Å². The maximum Gasteiger partial charge on any atom is 0.121 e. The normalized spacial score (nSPS) is 25.2. The largest absolute Gasteiger partial charge is 0.380 e. The molecule has 3 aromatic rings. The molecule has 0 aliphatic carbocycles. The van der Waals surface area contributed by atoms with Crippen molar-refractivity contribution < 1.29 is 9.59 Å². The molecule has 0 spiro atoms. The molecule has 3 nitrogen and oxygen atoms in total. The Bertz CT molecular complexity index is 1020. The lowest BCUT2D eigenvalue weighted by atomic mass is 9.56. The highest BCUT2D eigenvalue weighted by atomic mass is 16.3. The minimum atomic E-state index is -0.972. The molecule has 1 N–H and O–H groups in total. The van der Waals surface area contributed by atoms with Gasteiger partial charge in [-0.25, -0.2) is 0 Å². The Morgan fingerprint density at radius 1 is 0.774 bits per heavy atom. The molecule has 3 heteroatoms. The zero-order valence-corrected chi connectivity index (χ0v) is 17.9. The van der Waals surface area contributed by atoms with E-state index in [2.05, 4.69) is 42.5 Å². The van der Waals surface area contributed by atoms with E-state index in [1.54, 1.807) is 0 Å². The van der Waals surface area contributed by atoms with E-state index in [1.807, 2.05) is 48.5 Å². The van der Waals surface area contributed by atoms with Gasteiger partial charge < -0.3 is 9.59 Å². The Hall–Kier alpha value is -2.93. The van der Waals surface area contributed by atoms with Gasteiger partial charge in [-0.1, -0.05) is 72.8 Å². The summed E-state index contributed by atoms with van der Waals surface area (Å²) in [6, 6.07) is 30.8. The fraction of sp³-hybridized carbons (Fsp3) is 0.321. The molecule has 156 valence electrons. The van der Waals surface area contributed by atoms with Gasteiger partial charge in [-0.15, -0.1) is 0 Å². The van der Waals surface area contributed by atoms with Gasteiger partial charge in [-0.2, -0.15) is 5.26 Å². The van der Waals surface area contributed by atoms with Crippen molar-refractivity contribution >= 4 is 0 Å². The Labute approximate surface area is 184 Å². The monoisotopic (exact) mass is 409 g/mol. The third-order valence-electron chi connectivity index (χ3n) is 7.95. The lowest BCUT2D eigenvalue weighted by molar-refractivity contribution is -0.958. The van der Waals surface area contributed by atoms with Crippen LogP contribution < -0.4 is 0 Å². The first-order valence-electron chi connectivity index (χ1n) is 11.3. The van der Waals surface area contributed by atoms with E-state index in [0.29, 0.717) is 0 Å². The number of hydrogen-bond donors (Lipinski definition) is 1. The van der Waals surface area contributed by atoms with Crippen LogP contribution in [0.5, 0.6) is 0 Å². The summed E-state index contributed by atoms with van der Waals surface area (Å²) in [6.45, 7) is 4.27. The van der Waals surface area contributed by atoms with Crippen LogP contribution in [0.1, 0.15) is 41.5 Å². The number of hydrogen-bond acceptors (Lipinski definition) is 2. The van der Waals surface area contributed by atoms with Crippen molar-refractivity contribution in [3.8, 4) is 6.07 Å². The third kappa shape index (κ3) is 3.28. The molecule has 0 unspecified atom stereocenters. The van der Waals surface area contributed by atoms with E-state index in [9.17, 15) is 5.11 Å². The summed E-state index contributed by atoms with van der Waals surface area (Å²) in [7, 11) is 0. The van der Waals surface area contributed by atoms with Crippen LogP contribution in [0, 0.1) is 16.7 Å². The number of rotatable bonds is 5. The van der Waals surface area contributed by atoms with Crippen molar-refractivity contribution in [3.63, 3.8) is 0 Å². The molecule has 0 atom stereocenters. The molecule has 3 aliphatic heterocycles. The molecule has 2 bridgehead atoms. The maximum absolute atomic E-state index is 12.4. The molecular formula is C28H29N2O+. The molecule has 3 aliphatic rings. The van der Waals surface area contributed by atoms with Crippen molar-refractivity contribution in [3.05, 3.63) is 107 Å². The van der Waals surface area contributed by atoms with Gasteiger partial charge in [0.2, 0.25) is 0 Å². The zero-order valence-electron chi connectivity index (χ0n) is 17.9. The summed E-state index contributed by atoms with van der Waals surface area (Å²) in [5.41, 5.74) is 2.93. The summed E-state index contributed by atoms with van der Waals surface area (Å²) in [4.78, 5) is 0. The van der Waals surface area contributed by atoms with Gasteiger partial charge in [-0.05, 0) is 23.3 Å². The van der Waals surface area contributed by atoms with Crippen LogP contribution in [0.25, 0.3) is 0 Å². The van der Waals surface area contributed by atoms with Crippen LogP contribution in [-0.4, -0.2) is 29.2 Å². The van der Waals surface area contributed by atoms with Gasteiger partial charge in [0.15, 0.2) is 0 Å². The molecule has 0 amide bonds. The number of nitriles is 1. The number of nitrogens with zero attached hydrogens (tertiary/aromatic N) is 2. The second-order valence-electron chi connectivity index (χ2n) is 9.45. The average Bonchev–Trinajstić information content (AvgIpc) is 2.86. The van der Waals surface area contributed by atoms with E-state index < -0.39 is 5.60 Å². The van der Waals surface area contributed by atoms with Crippen LogP contribution in [0.3, 0.4) is 0 Å². The Morgan fingerprint density at radius 2 is 1.26 bits per heavy atom. The van der Waals surface area contributed by atoms with Crippen molar-refractivity contribution in [1.29, 1.82) is 5.26 Å². The van der Waals surface area contributed by atoms with E-state index >= 15 is 0 Å². The van der Waals surface area contributed by atoms with E-state index in [0.717, 1.165) is 66.6 Å². The summed E-state index contributed by atoms with van der Waals surface area (Å²) < 4.78 is 1.09. The predicted octanol–water partition coefficient (Wildman–Crippen LogP) is 5.00. The van der Waals surface area contributed by atoms with Gasteiger partial charge in [0.25, 0.3) is 0 Å². The Kier molecular flexibility index (Phi) is 4.93. The number of benzene rings is 3. The Morgan fingerprint density at radius 3 is 1.71 bits per heavy atom. The highest BCUT2D eigenvalue weighted by molar-refractivity contribution is 5.39. The van der Waals surface area contributed by atoms with Crippen molar-refractivity contribution in [2.75, 3.05) is 19.6 Å². The lowest BCUT2D eigenvalue weighted by Crippen LogP contribution is -2.66. The highest BCUT2D eigenvalue weighted by Crippen LogP contribution is 2.57. The fourth-order valence-electron chi connectivity index (χ4n) is 6.05. The minimum absolute atomic E-state index is 0.139. The smallest absolute Gasteiger partial charge is 0.121 e. The van der Waals surface area contributed by atoms with Crippen LogP contribution in [0.15, 0.2) is 84.9 Å². The molecular weight excluding hydrogens is 380 g/mol. The van der Waals surface area contributed by atoms with E-state index in [-0.39, 0.29) is 5.41 Å². The standard InChI is InChI=1S/C28H29N2O/c29-21-23-11-13-24(14-12-23)22-30-18-15-27(16-19-30,17-20-30)28(31,25-7-3-1-4-8-25)26-9-5-2-6-10-26/h1-14,31H,15-20,22H2/q+1. The Balaban J connectivity index is 1.45. The van der Waals surface area contributed by atoms with Gasteiger partial charge in [0.05, 0.1) is 31.3 Å². The summed E-state index contributed by atoms with van der Waals surface area (Å²) in [5, 5.41) is 21.5. The van der Waals surface area contributed by atoms with Crippen LogP contribution >= 0.6 is 0 Å². The predicted molar refractivity (Wildman–Crippen MR) is 122 cm³/mol. The molecule has 0 radical (unpaired) electrons. The summed E-state index contributed by atoms with van der Waals surface area (Å²) in [6.07, 6.45) is 3.05. The average molecular weight is 410 g/mol. The molecule has 3 heterocycles. The molecule has 31 heavy (non-hydrogen) atoms. The number of aliphatic hydroxyl groups is 1. The van der Waals surface area contributed by atoms with Gasteiger partial charge >= 0.3 is 0 Å². The number of quaternary nitrogens is 1. The first kappa shape index (κ1) is 20.0. The van der Waals surface area contributed by atoms with E-state index in [4.69, 9.17) is 5.26 Å². The third-order valence-corrected chi connectivity index (χ3v) is 7.95. The van der Waals surface area contributed by atoms with E-state index in [1.165, 1.54) is 5.56 Å². The minimum Gasteiger partial charge on any atom is -0.380 e. The first-order valence-corrected chi connectivity index (χ1v) is 11.3. The molecule has 3 aromatic carbocycles. The first-order chi connectivity index (χ1) is 15.1. The summed E-state index contributed by atoms with van der Waals surface area (Å²) >= 11 is 0. The highest BCUT2D eigenvalue weighted by Gasteiger charge is 2.60. The van der Waals surface area contributed by atoms with Crippen LogP contribution in [0.4, 0.5) is 0 Å².